The Hall–Kier alpha value is -3.62. The van der Waals surface area contributed by atoms with Gasteiger partial charge in [-0.05, 0) is 61.4 Å². The number of nitrogens with one attached hydrogen (secondary N) is 2. The minimum absolute atomic E-state index is 0.0249. The molecule has 5 rings (SSSR count). The molecule has 1 aliphatic rings. The van der Waals surface area contributed by atoms with Gasteiger partial charge in [-0.25, -0.2) is 4.68 Å². The lowest BCUT2D eigenvalue weighted by Crippen LogP contribution is -2.38. The van der Waals surface area contributed by atoms with Gasteiger partial charge in [-0.1, -0.05) is 65.1 Å². The summed E-state index contributed by atoms with van der Waals surface area (Å²) in [6, 6.07) is 21.4. The molecule has 40 heavy (non-hydrogen) atoms. The van der Waals surface area contributed by atoms with Crippen LogP contribution in [0.4, 0.5) is 0 Å². The molecule has 3 aromatic carbocycles. The van der Waals surface area contributed by atoms with Crippen molar-refractivity contribution in [2.24, 2.45) is 0 Å². The molecule has 1 saturated heterocycles. The molecule has 1 aromatic heterocycles. The van der Waals surface area contributed by atoms with Gasteiger partial charge in [0, 0.05) is 40.5 Å². The molecule has 1 aliphatic heterocycles. The second kappa shape index (κ2) is 12.7. The van der Waals surface area contributed by atoms with Crippen LogP contribution in [-0.4, -0.2) is 40.9 Å². The van der Waals surface area contributed by atoms with E-state index in [2.05, 4.69) is 10.6 Å². The number of para-hydroxylation sites is 1. The molecule has 0 saturated carbocycles. The summed E-state index contributed by atoms with van der Waals surface area (Å²) < 4.78 is 7.36. The number of halogens is 3. The van der Waals surface area contributed by atoms with Gasteiger partial charge in [0.05, 0.1) is 22.4 Å². The van der Waals surface area contributed by atoms with Gasteiger partial charge in [0.25, 0.3) is 11.8 Å². The Labute approximate surface area is 246 Å². The minimum atomic E-state index is -0.552. The highest BCUT2D eigenvalue weighted by Crippen LogP contribution is 2.27. The number of ether oxygens (including phenoxy) is 1. The van der Waals surface area contributed by atoms with Crippen LogP contribution in [0.15, 0.2) is 84.7 Å². The van der Waals surface area contributed by atoms with Gasteiger partial charge in [0.15, 0.2) is 0 Å². The zero-order chi connectivity index (χ0) is 28.1. The molecule has 1 fully saturated rings. The molecule has 2 N–H and O–H groups in total. The summed E-state index contributed by atoms with van der Waals surface area (Å²) in [7, 11) is 0. The number of nitrogens with zero attached hydrogens (tertiary/aromatic N) is 2. The number of rotatable bonds is 8. The van der Waals surface area contributed by atoms with Crippen LogP contribution in [0.3, 0.4) is 0 Å². The fraction of sp³-hybridized carbons (Fsp3) is 0.167. The Balaban J connectivity index is 1.54. The molecule has 0 aliphatic carbocycles. The zero-order valence-corrected chi connectivity index (χ0v) is 23.5. The second-order valence-electron chi connectivity index (χ2n) is 9.20. The molecule has 204 valence electrons. The van der Waals surface area contributed by atoms with Crippen molar-refractivity contribution in [1.29, 1.82) is 0 Å². The molecule has 2 amide bonds. The Morgan fingerprint density at radius 1 is 1.00 bits per heavy atom. The molecular formula is C30H25Cl3N4O3. The van der Waals surface area contributed by atoms with Crippen LogP contribution in [0.5, 0.6) is 0 Å². The SMILES string of the molecule is O=C(NC[C@H]1CCCO1)/C(=C/c1cn(-c2ccccc2)nc1-c1ccc(Cl)cc1)NC(=O)c1ccc(Cl)cc1Cl. The van der Waals surface area contributed by atoms with E-state index in [9.17, 15) is 9.59 Å². The summed E-state index contributed by atoms with van der Waals surface area (Å²) in [5.74, 6) is -1.02. The third kappa shape index (κ3) is 6.74. The van der Waals surface area contributed by atoms with Gasteiger partial charge >= 0.3 is 0 Å². The van der Waals surface area contributed by atoms with Crippen LogP contribution >= 0.6 is 34.8 Å². The monoisotopic (exact) mass is 594 g/mol. The fourth-order valence-corrected chi connectivity index (χ4v) is 4.94. The maximum atomic E-state index is 13.4. The predicted molar refractivity (Wildman–Crippen MR) is 158 cm³/mol. The Bertz CT molecular complexity index is 1550. The van der Waals surface area contributed by atoms with E-state index in [-0.39, 0.29) is 22.4 Å². The van der Waals surface area contributed by atoms with Crippen molar-refractivity contribution in [3.05, 3.63) is 111 Å². The lowest BCUT2D eigenvalue weighted by molar-refractivity contribution is -0.118. The highest BCUT2D eigenvalue weighted by molar-refractivity contribution is 6.36. The van der Waals surface area contributed by atoms with Crippen molar-refractivity contribution >= 4 is 52.7 Å². The highest BCUT2D eigenvalue weighted by atomic mass is 35.5. The number of carbonyl (C=O) groups excluding carboxylic acids is 2. The Morgan fingerprint density at radius 3 is 2.45 bits per heavy atom. The lowest BCUT2D eigenvalue weighted by Gasteiger charge is -2.14. The summed E-state index contributed by atoms with van der Waals surface area (Å²) in [4.78, 5) is 26.7. The molecule has 0 unspecified atom stereocenters. The van der Waals surface area contributed by atoms with Crippen LogP contribution < -0.4 is 10.6 Å². The standard InChI is InChI=1S/C30H25Cl3N4O3/c31-21-10-8-19(9-11-21)28-20(18-37(36-28)23-5-2-1-3-6-23)15-27(30(39)34-17-24-7-4-14-40-24)35-29(38)25-13-12-22(32)16-26(25)33/h1-3,5-6,8-13,15-16,18,24H,4,7,14,17H2,(H,34,39)(H,35,38)/b27-15-/t24-/m1/s1. The normalized spacial score (nSPS) is 15.2. The first-order valence-electron chi connectivity index (χ1n) is 12.7. The molecule has 0 radical (unpaired) electrons. The zero-order valence-electron chi connectivity index (χ0n) is 21.2. The van der Waals surface area contributed by atoms with Gasteiger partial charge in [0.1, 0.15) is 11.4 Å². The quantitative estimate of drug-likeness (QED) is 0.226. The first kappa shape index (κ1) is 27.9. The predicted octanol–water partition coefficient (Wildman–Crippen LogP) is 6.57. The summed E-state index contributed by atoms with van der Waals surface area (Å²) in [5, 5.41) is 11.6. The van der Waals surface area contributed by atoms with Crippen molar-refractivity contribution in [1.82, 2.24) is 20.4 Å². The molecule has 2 heterocycles. The molecule has 7 nitrogen and oxygen atoms in total. The van der Waals surface area contributed by atoms with Crippen molar-refractivity contribution in [2.75, 3.05) is 13.2 Å². The van der Waals surface area contributed by atoms with Crippen LogP contribution in [0.25, 0.3) is 23.0 Å². The smallest absolute Gasteiger partial charge is 0.267 e. The number of carbonyl (C=O) groups is 2. The van der Waals surface area contributed by atoms with E-state index in [4.69, 9.17) is 44.6 Å². The van der Waals surface area contributed by atoms with E-state index >= 15 is 0 Å². The number of amides is 2. The Morgan fingerprint density at radius 2 is 1.75 bits per heavy atom. The van der Waals surface area contributed by atoms with Gasteiger partial charge in [-0.15, -0.1) is 0 Å². The van der Waals surface area contributed by atoms with Gasteiger partial charge in [0.2, 0.25) is 0 Å². The average Bonchev–Trinajstić information content (AvgIpc) is 3.63. The number of benzene rings is 3. The highest BCUT2D eigenvalue weighted by Gasteiger charge is 2.22. The lowest BCUT2D eigenvalue weighted by atomic mass is 10.1. The largest absolute Gasteiger partial charge is 0.376 e. The molecule has 4 aromatic rings. The topological polar surface area (TPSA) is 85.2 Å². The third-order valence-corrected chi connectivity index (χ3v) is 7.16. The summed E-state index contributed by atoms with van der Waals surface area (Å²) in [6.07, 6.45) is 5.13. The van der Waals surface area contributed by atoms with Crippen molar-refractivity contribution < 1.29 is 14.3 Å². The second-order valence-corrected chi connectivity index (χ2v) is 10.5. The molecule has 0 bridgehead atoms. The van der Waals surface area contributed by atoms with Gasteiger partial charge in [-0.3, -0.25) is 9.59 Å². The summed E-state index contributed by atoms with van der Waals surface area (Å²) in [5.41, 5.74) is 3.04. The molecule has 10 heteroatoms. The average molecular weight is 596 g/mol. The van der Waals surface area contributed by atoms with Gasteiger partial charge in [-0.2, -0.15) is 5.10 Å². The summed E-state index contributed by atoms with van der Waals surface area (Å²) >= 11 is 18.4. The van der Waals surface area contributed by atoms with E-state index in [0.29, 0.717) is 34.5 Å². The molecule has 0 spiro atoms. The van der Waals surface area contributed by atoms with Crippen molar-refractivity contribution in [2.45, 2.75) is 18.9 Å². The van der Waals surface area contributed by atoms with E-state index in [1.54, 1.807) is 35.2 Å². The van der Waals surface area contributed by atoms with E-state index < -0.39 is 11.8 Å². The maximum absolute atomic E-state index is 13.4. The first-order valence-corrected chi connectivity index (χ1v) is 13.8. The van der Waals surface area contributed by atoms with E-state index in [1.165, 1.54) is 12.1 Å². The van der Waals surface area contributed by atoms with Gasteiger partial charge < -0.3 is 15.4 Å². The molecular weight excluding hydrogens is 571 g/mol. The minimum Gasteiger partial charge on any atom is -0.376 e. The number of hydrogen-bond acceptors (Lipinski definition) is 4. The fourth-order valence-electron chi connectivity index (χ4n) is 4.32. The number of hydrogen-bond donors (Lipinski definition) is 2. The van der Waals surface area contributed by atoms with Crippen LogP contribution in [0.2, 0.25) is 15.1 Å². The van der Waals surface area contributed by atoms with Crippen molar-refractivity contribution in [3.8, 4) is 16.9 Å². The van der Waals surface area contributed by atoms with E-state index in [1.807, 2.05) is 42.5 Å². The van der Waals surface area contributed by atoms with E-state index in [0.717, 1.165) is 24.1 Å². The van der Waals surface area contributed by atoms with Crippen LogP contribution in [0, 0.1) is 0 Å². The summed E-state index contributed by atoms with van der Waals surface area (Å²) in [6.45, 7) is 0.985. The Kier molecular flexibility index (Phi) is 8.87. The van der Waals surface area contributed by atoms with Crippen LogP contribution in [0.1, 0.15) is 28.8 Å². The molecule has 1 atom stereocenters. The number of aromatic nitrogens is 2. The first-order chi connectivity index (χ1) is 19.4. The maximum Gasteiger partial charge on any atom is 0.267 e. The van der Waals surface area contributed by atoms with Crippen LogP contribution in [-0.2, 0) is 9.53 Å². The third-order valence-electron chi connectivity index (χ3n) is 6.36. The van der Waals surface area contributed by atoms with Crippen molar-refractivity contribution in [3.63, 3.8) is 0 Å².